The lowest BCUT2D eigenvalue weighted by atomic mass is 9.79. The van der Waals surface area contributed by atoms with Gasteiger partial charge >= 0.3 is 6.03 Å². The zero-order valence-corrected chi connectivity index (χ0v) is 21.9. The third-order valence-electron chi connectivity index (χ3n) is 8.43. The van der Waals surface area contributed by atoms with Crippen molar-refractivity contribution >= 4 is 34.6 Å². The number of amides is 2. The van der Waals surface area contributed by atoms with Crippen LogP contribution in [0.25, 0.3) is 11.2 Å². The number of piperidine rings is 1. The molecule has 4 aliphatic rings. The number of benzene rings is 1. The first-order valence-corrected chi connectivity index (χ1v) is 13.4. The smallest absolute Gasteiger partial charge is 0.317 e. The minimum Gasteiger partial charge on any atom is -0.383 e. The molecule has 3 fully saturated rings. The van der Waals surface area contributed by atoms with Gasteiger partial charge in [-0.05, 0) is 56.1 Å². The van der Waals surface area contributed by atoms with Gasteiger partial charge in [0.15, 0.2) is 11.4 Å². The van der Waals surface area contributed by atoms with E-state index >= 15 is 0 Å². The quantitative estimate of drug-likeness (QED) is 0.502. The molecule has 38 heavy (non-hydrogen) atoms. The van der Waals surface area contributed by atoms with Gasteiger partial charge in [-0.2, -0.15) is 9.61 Å². The predicted molar refractivity (Wildman–Crippen MR) is 147 cm³/mol. The number of nitrogens with one attached hydrogen (secondary N) is 1. The molecule has 3 atom stereocenters. The second-order valence-corrected chi connectivity index (χ2v) is 10.6. The first-order chi connectivity index (χ1) is 18.5. The van der Waals surface area contributed by atoms with Crippen molar-refractivity contribution in [2.75, 3.05) is 19.3 Å². The molecule has 2 bridgehead atoms. The lowest BCUT2D eigenvalue weighted by Gasteiger charge is -2.41. The van der Waals surface area contributed by atoms with E-state index in [1.54, 1.807) is 24.7 Å². The van der Waals surface area contributed by atoms with Crippen LogP contribution >= 0.6 is 0 Å². The topological polar surface area (TPSA) is 118 Å². The molecule has 2 aromatic heterocycles. The Bertz CT molecular complexity index is 1470. The Labute approximate surface area is 221 Å². The fraction of sp³-hybridized carbons (Fsp3) is 0.414. The van der Waals surface area contributed by atoms with Crippen LogP contribution in [0.1, 0.15) is 78.5 Å². The fourth-order valence-corrected chi connectivity index (χ4v) is 6.53. The summed E-state index contributed by atoms with van der Waals surface area (Å²) in [5, 5.41) is 7.33. The Balaban J connectivity index is 1.42. The second kappa shape index (κ2) is 9.70. The fourth-order valence-electron chi connectivity index (χ4n) is 6.53. The highest BCUT2D eigenvalue weighted by atomic mass is 16.2. The van der Waals surface area contributed by atoms with Gasteiger partial charge in [0.2, 0.25) is 0 Å². The first-order valence-electron chi connectivity index (χ1n) is 13.4. The van der Waals surface area contributed by atoms with Crippen molar-refractivity contribution in [1.29, 1.82) is 0 Å². The Morgan fingerprint density at radius 3 is 2.66 bits per heavy atom. The number of ketones is 1. The van der Waals surface area contributed by atoms with Crippen LogP contribution in [0.2, 0.25) is 0 Å². The molecule has 7 rings (SSSR count). The number of aromatic nitrogens is 3. The number of anilines is 1. The zero-order valence-electron chi connectivity index (χ0n) is 21.9. The van der Waals surface area contributed by atoms with Crippen LogP contribution in [-0.2, 0) is 0 Å². The van der Waals surface area contributed by atoms with Crippen molar-refractivity contribution in [3.63, 3.8) is 0 Å². The number of carbonyl (C=O) groups excluding carboxylic acids is 2. The van der Waals surface area contributed by atoms with E-state index < -0.39 is 0 Å². The van der Waals surface area contributed by atoms with Crippen LogP contribution < -0.4 is 11.1 Å². The third kappa shape index (κ3) is 4.06. The summed E-state index contributed by atoms with van der Waals surface area (Å²) in [6.07, 6.45) is 9.12. The Hall–Kier alpha value is -4.01. The maximum absolute atomic E-state index is 12.9. The van der Waals surface area contributed by atoms with Crippen LogP contribution in [0.4, 0.5) is 10.6 Å². The minimum absolute atomic E-state index is 0.0344. The monoisotopic (exact) mass is 511 g/mol. The molecule has 3 aliphatic heterocycles. The molecule has 5 heterocycles. The molecule has 2 unspecified atom stereocenters. The van der Waals surface area contributed by atoms with E-state index in [1.807, 2.05) is 29.3 Å². The molecule has 9 nitrogen and oxygen atoms in total. The van der Waals surface area contributed by atoms with Gasteiger partial charge in [0.25, 0.3) is 0 Å². The number of allylic oxidation sites excluding steroid dienone is 1. The molecule has 2 amide bonds. The number of Topliss-reactive ketones (excluding diaryl/α,β-unsaturated/α-hetero) is 1. The lowest BCUT2D eigenvalue weighted by molar-refractivity contribution is 0.100. The van der Waals surface area contributed by atoms with E-state index in [2.05, 4.69) is 22.5 Å². The lowest BCUT2D eigenvalue weighted by Crippen LogP contribution is -2.51. The summed E-state index contributed by atoms with van der Waals surface area (Å²) >= 11 is 0. The molecular formula is C29H33N7O2. The number of rotatable bonds is 4. The number of urea groups is 1. The van der Waals surface area contributed by atoms with Gasteiger partial charge in [0, 0.05) is 43.0 Å². The Kier molecular flexibility index (Phi) is 6.21. The number of fused-ring (bicyclic) bond motifs is 5. The summed E-state index contributed by atoms with van der Waals surface area (Å²) < 4.78 is 1.60. The van der Waals surface area contributed by atoms with Gasteiger partial charge in [0.05, 0.1) is 17.5 Å². The van der Waals surface area contributed by atoms with Crippen molar-refractivity contribution in [3.05, 3.63) is 65.1 Å². The number of nitrogen functional groups attached to an aromatic ring is 1. The minimum atomic E-state index is -0.110. The normalized spacial score (nSPS) is 23.1. The maximum atomic E-state index is 12.9. The molecule has 1 aliphatic carbocycles. The van der Waals surface area contributed by atoms with Crippen molar-refractivity contribution in [2.45, 2.75) is 57.4 Å². The van der Waals surface area contributed by atoms with Crippen molar-refractivity contribution < 1.29 is 9.59 Å². The van der Waals surface area contributed by atoms with E-state index in [0.717, 1.165) is 66.6 Å². The molecule has 196 valence electrons. The largest absolute Gasteiger partial charge is 0.383 e. The molecule has 0 radical (unpaired) electrons. The van der Waals surface area contributed by atoms with Crippen LogP contribution in [-0.4, -0.2) is 56.7 Å². The van der Waals surface area contributed by atoms with Crippen LogP contribution in [0.5, 0.6) is 0 Å². The average molecular weight is 512 g/mol. The summed E-state index contributed by atoms with van der Waals surface area (Å²) in [4.78, 5) is 37.3. The first kappa shape index (κ1) is 24.3. The molecule has 1 aromatic carbocycles. The number of aliphatic imine (C=N–C) groups is 1. The van der Waals surface area contributed by atoms with E-state index in [9.17, 15) is 9.59 Å². The van der Waals surface area contributed by atoms with Gasteiger partial charge in [-0.25, -0.2) is 9.78 Å². The van der Waals surface area contributed by atoms with Gasteiger partial charge in [0.1, 0.15) is 5.82 Å². The number of nitrogens with zero attached hydrogens (tertiary/aromatic N) is 5. The molecule has 3 N–H and O–H groups in total. The highest BCUT2D eigenvalue weighted by Crippen LogP contribution is 2.45. The van der Waals surface area contributed by atoms with E-state index in [0.29, 0.717) is 23.6 Å². The van der Waals surface area contributed by atoms with Crippen molar-refractivity contribution in [1.82, 2.24) is 24.8 Å². The molecule has 1 saturated carbocycles. The maximum Gasteiger partial charge on any atom is 0.317 e. The molecule has 2 saturated heterocycles. The standard InChI is InChI=1S/C29H33N7O2/c1-17(37)25-26(22-13-21-10-6-9-20(22)16-35(21)29(38)31-2)34-28-23(15-33-36(28)27(25)30)19-11-12-24(32-14-19)18-7-4-3-5-8-18/h3-5,7-8,14-15,20-22H,6,9-13,16,30H2,1-2H3,(H,31,38)/t20?,21?,22-/m1/s1. The molecule has 0 spiro atoms. The van der Waals surface area contributed by atoms with E-state index in [4.69, 9.17) is 15.7 Å². The van der Waals surface area contributed by atoms with Crippen molar-refractivity contribution in [2.24, 2.45) is 10.9 Å². The van der Waals surface area contributed by atoms with Crippen molar-refractivity contribution in [3.8, 4) is 0 Å². The molecular weight excluding hydrogens is 478 g/mol. The third-order valence-corrected chi connectivity index (χ3v) is 8.43. The summed E-state index contributed by atoms with van der Waals surface area (Å²) in [5.41, 5.74) is 12.6. The summed E-state index contributed by atoms with van der Waals surface area (Å²) in [6.45, 7) is 2.20. The summed E-state index contributed by atoms with van der Waals surface area (Å²) in [7, 11) is 1.68. The number of hydrogen-bond donors (Lipinski definition) is 2. The Morgan fingerprint density at radius 2 is 1.95 bits per heavy atom. The van der Waals surface area contributed by atoms with E-state index in [1.165, 1.54) is 0 Å². The highest BCUT2D eigenvalue weighted by molar-refractivity contribution is 6.03. The molecule has 3 aromatic rings. The summed E-state index contributed by atoms with van der Waals surface area (Å²) in [6, 6.07) is 10.3. The SMILES string of the molecule is CNC(=O)N1CC2CCCC1C[C@H]2c1nc2c(C3=CN=C(c4ccccc4)CC3)cnn2c(N)c1C(C)=O. The average Bonchev–Trinajstić information content (AvgIpc) is 3.12. The van der Waals surface area contributed by atoms with Gasteiger partial charge in [-0.3, -0.25) is 9.79 Å². The number of hydrogen-bond acceptors (Lipinski definition) is 6. The number of carbonyl (C=O) groups is 2. The van der Waals surface area contributed by atoms with Gasteiger partial charge in [-0.1, -0.05) is 36.8 Å². The highest BCUT2D eigenvalue weighted by Gasteiger charge is 2.43. The van der Waals surface area contributed by atoms with Gasteiger partial charge in [-0.15, -0.1) is 0 Å². The molecule has 9 heteroatoms. The van der Waals surface area contributed by atoms with Crippen LogP contribution in [0.15, 0.2) is 47.7 Å². The zero-order chi connectivity index (χ0) is 26.4. The van der Waals surface area contributed by atoms with E-state index in [-0.39, 0.29) is 29.7 Å². The van der Waals surface area contributed by atoms with Gasteiger partial charge < -0.3 is 16.0 Å². The Morgan fingerprint density at radius 1 is 1.13 bits per heavy atom. The van der Waals surface area contributed by atoms with Crippen LogP contribution in [0.3, 0.4) is 0 Å². The predicted octanol–water partition coefficient (Wildman–Crippen LogP) is 4.44. The summed E-state index contributed by atoms with van der Waals surface area (Å²) in [5.74, 6) is 0.496. The van der Waals surface area contributed by atoms with Crippen LogP contribution in [0, 0.1) is 5.92 Å². The number of nitrogens with two attached hydrogens (primary N) is 1. The second-order valence-electron chi connectivity index (χ2n) is 10.6.